The van der Waals surface area contributed by atoms with Gasteiger partial charge < -0.3 is 4.42 Å². The topological polar surface area (TPSA) is 60.0 Å². The zero-order valence-electron chi connectivity index (χ0n) is 15.1. The third-order valence-electron chi connectivity index (χ3n) is 4.69. The van der Waals surface area contributed by atoms with Crippen LogP contribution in [0.3, 0.4) is 0 Å². The normalized spacial score (nSPS) is 15.1. The van der Waals surface area contributed by atoms with Gasteiger partial charge in [-0.1, -0.05) is 0 Å². The number of thiazole rings is 1. The van der Waals surface area contributed by atoms with E-state index in [1.165, 1.54) is 16.1 Å². The molecule has 4 rings (SSSR count). The highest BCUT2D eigenvalue weighted by Crippen LogP contribution is 2.32. The number of rotatable bonds is 4. The summed E-state index contributed by atoms with van der Waals surface area (Å²) in [5, 5.41) is 4.85. The lowest BCUT2D eigenvalue weighted by Gasteiger charge is -2.27. The van der Waals surface area contributed by atoms with Crippen molar-refractivity contribution in [2.75, 3.05) is 6.54 Å². The van der Waals surface area contributed by atoms with Gasteiger partial charge in [0.15, 0.2) is 5.69 Å². The molecule has 0 amide bonds. The molecule has 0 aromatic carbocycles. The lowest BCUT2D eigenvalue weighted by atomic mass is 10.0. The fourth-order valence-electron chi connectivity index (χ4n) is 3.38. The van der Waals surface area contributed by atoms with Crippen LogP contribution in [-0.2, 0) is 19.5 Å². The molecule has 132 valence electrons. The minimum Gasteiger partial charge on any atom is -0.440 e. The molecule has 6 nitrogen and oxygen atoms in total. The van der Waals surface area contributed by atoms with Crippen molar-refractivity contribution in [3.05, 3.63) is 39.3 Å². The number of fused-ring (bicyclic) bond motifs is 1. The summed E-state index contributed by atoms with van der Waals surface area (Å²) in [5.74, 6) is 1.44. The zero-order chi connectivity index (χ0) is 17.6. The molecule has 4 heterocycles. The van der Waals surface area contributed by atoms with Crippen molar-refractivity contribution >= 4 is 11.3 Å². The molecule has 0 radical (unpaired) electrons. The van der Waals surface area contributed by atoms with E-state index in [9.17, 15) is 0 Å². The van der Waals surface area contributed by atoms with Crippen molar-refractivity contribution in [1.29, 1.82) is 0 Å². The first-order valence-electron chi connectivity index (χ1n) is 8.67. The first-order valence-corrected chi connectivity index (χ1v) is 9.55. The summed E-state index contributed by atoms with van der Waals surface area (Å²) >= 11 is 1.73. The predicted octanol–water partition coefficient (Wildman–Crippen LogP) is 3.75. The van der Waals surface area contributed by atoms with Gasteiger partial charge in [-0.25, -0.2) is 9.97 Å². The first kappa shape index (κ1) is 16.5. The number of aryl methyl sites for hydroxylation is 2. The molecule has 0 unspecified atom stereocenters. The Morgan fingerprint density at radius 3 is 2.76 bits per heavy atom. The van der Waals surface area contributed by atoms with Crippen molar-refractivity contribution < 1.29 is 4.42 Å². The van der Waals surface area contributed by atoms with Gasteiger partial charge in [0.2, 0.25) is 5.89 Å². The van der Waals surface area contributed by atoms with E-state index in [-0.39, 0.29) is 0 Å². The molecule has 0 saturated heterocycles. The Bertz CT molecular complexity index is 891. The fourth-order valence-corrected chi connectivity index (χ4v) is 4.20. The van der Waals surface area contributed by atoms with Gasteiger partial charge in [-0.2, -0.15) is 5.10 Å². The monoisotopic (exact) mass is 357 g/mol. The maximum atomic E-state index is 5.78. The smallest absolute Gasteiger partial charge is 0.247 e. The van der Waals surface area contributed by atoms with E-state index < -0.39 is 0 Å². The molecule has 1 aliphatic heterocycles. The average molecular weight is 357 g/mol. The molecule has 0 spiro atoms. The van der Waals surface area contributed by atoms with E-state index in [4.69, 9.17) is 9.52 Å². The largest absolute Gasteiger partial charge is 0.440 e. The van der Waals surface area contributed by atoms with Crippen LogP contribution in [0.1, 0.15) is 47.5 Å². The minimum absolute atomic E-state index is 0.328. The Labute approximate surface area is 151 Å². The molecule has 7 heteroatoms. The van der Waals surface area contributed by atoms with Crippen LogP contribution in [0.4, 0.5) is 0 Å². The highest BCUT2D eigenvalue weighted by molar-refractivity contribution is 7.09. The number of nitrogens with zero attached hydrogens (tertiary/aromatic N) is 5. The summed E-state index contributed by atoms with van der Waals surface area (Å²) in [6.45, 7) is 11.2. The Kier molecular flexibility index (Phi) is 4.21. The molecule has 0 atom stereocenters. The van der Waals surface area contributed by atoms with Crippen molar-refractivity contribution in [2.24, 2.45) is 0 Å². The fraction of sp³-hybridized carbons (Fsp3) is 0.500. The Morgan fingerprint density at radius 1 is 1.28 bits per heavy atom. The van der Waals surface area contributed by atoms with E-state index in [0.29, 0.717) is 11.9 Å². The molecule has 0 aliphatic carbocycles. The molecule has 0 bridgehead atoms. The van der Waals surface area contributed by atoms with Crippen LogP contribution < -0.4 is 0 Å². The molecule has 0 N–H and O–H groups in total. The Hall–Kier alpha value is -1.99. The quantitative estimate of drug-likeness (QED) is 0.712. The lowest BCUT2D eigenvalue weighted by molar-refractivity contribution is 0.243. The Morgan fingerprint density at radius 2 is 2.12 bits per heavy atom. The molecule has 3 aromatic rings. The highest BCUT2D eigenvalue weighted by atomic mass is 32.1. The van der Waals surface area contributed by atoms with Gasteiger partial charge >= 0.3 is 0 Å². The van der Waals surface area contributed by atoms with Gasteiger partial charge in [0.25, 0.3) is 0 Å². The van der Waals surface area contributed by atoms with Gasteiger partial charge in [-0.05, 0) is 27.7 Å². The van der Waals surface area contributed by atoms with Crippen molar-refractivity contribution in [2.45, 2.75) is 53.2 Å². The second-order valence-corrected chi connectivity index (χ2v) is 7.85. The van der Waals surface area contributed by atoms with Crippen LogP contribution in [0.15, 0.2) is 16.1 Å². The molecular weight excluding hydrogens is 334 g/mol. The highest BCUT2D eigenvalue weighted by Gasteiger charge is 2.28. The molecule has 0 saturated carbocycles. The third-order valence-corrected chi connectivity index (χ3v) is 5.61. The van der Waals surface area contributed by atoms with Gasteiger partial charge in [0.05, 0.1) is 17.4 Å². The number of hydrogen-bond acceptors (Lipinski definition) is 6. The number of hydrogen-bond donors (Lipinski definition) is 0. The van der Waals surface area contributed by atoms with E-state index in [0.717, 1.165) is 43.2 Å². The third kappa shape index (κ3) is 3.02. The minimum atomic E-state index is 0.328. The summed E-state index contributed by atoms with van der Waals surface area (Å²) in [7, 11) is 0. The van der Waals surface area contributed by atoms with Crippen molar-refractivity contribution in [3.8, 4) is 11.6 Å². The zero-order valence-corrected chi connectivity index (χ0v) is 15.9. The number of oxazole rings is 1. The van der Waals surface area contributed by atoms with Crippen LogP contribution in [0.25, 0.3) is 11.6 Å². The van der Waals surface area contributed by atoms with Crippen molar-refractivity contribution in [1.82, 2.24) is 24.6 Å². The average Bonchev–Trinajstić information content (AvgIpc) is 3.26. The SMILES string of the molecule is Cc1cnc(-c2nn(C(C)C)c3c2CN(Cc2scnc2C)CC3)o1. The molecular formula is C18H23N5OS. The van der Waals surface area contributed by atoms with Gasteiger partial charge in [-0.3, -0.25) is 9.58 Å². The van der Waals surface area contributed by atoms with Gasteiger partial charge in [0.1, 0.15) is 5.76 Å². The van der Waals surface area contributed by atoms with Gasteiger partial charge in [-0.15, -0.1) is 11.3 Å². The predicted molar refractivity (Wildman–Crippen MR) is 97.5 cm³/mol. The first-order chi connectivity index (χ1) is 12.0. The van der Waals surface area contributed by atoms with Crippen LogP contribution >= 0.6 is 11.3 Å². The summed E-state index contributed by atoms with van der Waals surface area (Å²) < 4.78 is 7.91. The summed E-state index contributed by atoms with van der Waals surface area (Å²) in [6, 6.07) is 0.328. The van der Waals surface area contributed by atoms with Crippen LogP contribution in [-0.4, -0.2) is 31.2 Å². The second kappa shape index (κ2) is 6.38. The standard InChI is InChI=1S/C18H23N5OS/c1-11(2)23-15-5-6-22(9-16-13(4)20-10-25-16)8-14(15)17(21-23)18-19-7-12(3)24-18/h7,10-11H,5-6,8-9H2,1-4H3. The maximum absolute atomic E-state index is 5.78. The molecule has 1 aliphatic rings. The van der Waals surface area contributed by atoms with Gasteiger partial charge in [0, 0.05) is 48.2 Å². The molecule has 25 heavy (non-hydrogen) atoms. The van der Waals surface area contributed by atoms with Crippen LogP contribution in [0.2, 0.25) is 0 Å². The van der Waals surface area contributed by atoms with E-state index in [1.54, 1.807) is 17.5 Å². The van der Waals surface area contributed by atoms with Crippen LogP contribution in [0.5, 0.6) is 0 Å². The van der Waals surface area contributed by atoms with Crippen molar-refractivity contribution in [3.63, 3.8) is 0 Å². The molecule has 0 fully saturated rings. The summed E-state index contributed by atoms with van der Waals surface area (Å²) in [6.07, 6.45) is 2.76. The Balaban J connectivity index is 1.69. The summed E-state index contributed by atoms with van der Waals surface area (Å²) in [5.41, 5.74) is 6.53. The van der Waals surface area contributed by atoms with Crippen LogP contribution in [0, 0.1) is 13.8 Å². The molecule has 3 aromatic heterocycles. The lowest BCUT2D eigenvalue weighted by Crippen LogP contribution is -2.31. The van der Waals surface area contributed by atoms with E-state index >= 15 is 0 Å². The van der Waals surface area contributed by atoms with E-state index in [1.807, 2.05) is 12.4 Å². The maximum Gasteiger partial charge on any atom is 0.247 e. The van der Waals surface area contributed by atoms with E-state index in [2.05, 4.69) is 40.3 Å². The second-order valence-electron chi connectivity index (χ2n) is 6.91. The summed E-state index contributed by atoms with van der Waals surface area (Å²) in [4.78, 5) is 12.6. The number of aromatic nitrogens is 4.